The molecule has 0 aliphatic heterocycles. The van der Waals surface area contributed by atoms with Gasteiger partial charge in [-0.1, -0.05) is 12.1 Å². The number of benzene rings is 1. The maximum Gasteiger partial charge on any atom is 0.407 e. The fraction of sp³-hybridized carbons (Fsp3) is 0.300. The van der Waals surface area contributed by atoms with Crippen LogP contribution in [-0.2, 0) is 4.74 Å². The molecule has 96 valence electrons. The molecule has 1 aromatic rings. The van der Waals surface area contributed by atoms with Crippen LogP contribution in [0.2, 0.25) is 0 Å². The van der Waals surface area contributed by atoms with Crippen molar-refractivity contribution in [2.75, 3.05) is 7.11 Å². The summed E-state index contributed by atoms with van der Waals surface area (Å²) in [5.74, 6) is -0.698. The van der Waals surface area contributed by atoms with Crippen LogP contribution in [0.1, 0.15) is 22.0 Å². The molecule has 1 aromatic carbocycles. The average molecular weight is 270 g/mol. The Bertz CT molecular complexity index is 395. The molecule has 0 radical (unpaired) electrons. The second-order valence-electron chi connectivity index (χ2n) is 3.14. The van der Waals surface area contributed by atoms with Crippen molar-refractivity contribution in [1.29, 1.82) is 0 Å². The number of halogens is 4. The molecule has 0 aliphatic rings. The third-order valence-electron chi connectivity index (χ3n) is 2.02. The molecule has 0 saturated heterocycles. The largest absolute Gasteiger partial charge is 0.465 e. The Morgan fingerprint density at radius 2 is 2.00 bits per heavy atom. The molecule has 0 unspecified atom stereocenters. The average Bonchev–Trinajstić information content (AvgIpc) is 2.26. The lowest BCUT2D eigenvalue weighted by Gasteiger charge is -2.16. The third kappa shape index (κ3) is 3.90. The summed E-state index contributed by atoms with van der Waals surface area (Å²) < 4.78 is 41.3. The van der Waals surface area contributed by atoms with Crippen molar-refractivity contribution in [3.8, 4) is 0 Å². The number of nitrogens with two attached hydrogens (primary N) is 1. The Hall–Kier alpha value is -1.27. The summed E-state index contributed by atoms with van der Waals surface area (Å²) in [5.41, 5.74) is 4.88. The first kappa shape index (κ1) is 15.7. The van der Waals surface area contributed by atoms with Gasteiger partial charge in [0.1, 0.15) is 6.04 Å². The minimum atomic E-state index is -4.53. The molecule has 0 heterocycles. The predicted octanol–water partition coefficient (Wildman–Crippen LogP) is 2.46. The second-order valence-corrected chi connectivity index (χ2v) is 3.14. The molecule has 2 N–H and O–H groups in total. The van der Waals surface area contributed by atoms with Crippen molar-refractivity contribution < 1.29 is 22.7 Å². The van der Waals surface area contributed by atoms with Gasteiger partial charge in [-0.2, -0.15) is 13.2 Å². The zero-order valence-electron chi connectivity index (χ0n) is 8.82. The molecule has 17 heavy (non-hydrogen) atoms. The lowest BCUT2D eigenvalue weighted by Crippen LogP contribution is -2.28. The molecule has 3 nitrogen and oxygen atoms in total. The zero-order valence-corrected chi connectivity index (χ0v) is 9.64. The van der Waals surface area contributed by atoms with Gasteiger partial charge < -0.3 is 10.5 Å². The van der Waals surface area contributed by atoms with Crippen LogP contribution in [0.25, 0.3) is 0 Å². The number of carbonyl (C=O) groups excluding carboxylic acids is 1. The lowest BCUT2D eigenvalue weighted by atomic mass is 10.0. The molecule has 0 aromatic heterocycles. The molecule has 7 heteroatoms. The molecule has 0 bridgehead atoms. The van der Waals surface area contributed by atoms with Crippen LogP contribution in [0.3, 0.4) is 0 Å². The highest BCUT2D eigenvalue weighted by atomic mass is 35.5. The molecule has 0 aliphatic carbocycles. The third-order valence-corrected chi connectivity index (χ3v) is 2.02. The number of rotatable bonds is 2. The SMILES string of the molecule is COC(=O)c1cccc([C@H](N)C(F)(F)F)c1.Cl. The Morgan fingerprint density at radius 1 is 1.41 bits per heavy atom. The molecule has 1 rings (SSSR count). The van der Waals surface area contributed by atoms with Crippen LogP contribution >= 0.6 is 12.4 Å². The van der Waals surface area contributed by atoms with E-state index >= 15 is 0 Å². The highest BCUT2D eigenvalue weighted by molar-refractivity contribution is 5.89. The second kappa shape index (κ2) is 5.88. The van der Waals surface area contributed by atoms with Gasteiger partial charge in [-0.25, -0.2) is 4.79 Å². The Morgan fingerprint density at radius 3 is 2.47 bits per heavy atom. The topological polar surface area (TPSA) is 52.3 Å². The number of hydrogen-bond acceptors (Lipinski definition) is 3. The summed E-state index contributed by atoms with van der Waals surface area (Å²) in [5, 5.41) is 0. The number of carbonyl (C=O) groups is 1. The molecule has 0 spiro atoms. The van der Waals surface area contributed by atoms with Crippen LogP contribution in [0.5, 0.6) is 0 Å². The maximum atomic E-state index is 12.3. The highest BCUT2D eigenvalue weighted by Gasteiger charge is 2.37. The van der Waals surface area contributed by atoms with Crippen LogP contribution < -0.4 is 5.73 Å². The van der Waals surface area contributed by atoms with Gasteiger partial charge in [0.15, 0.2) is 0 Å². The first-order valence-electron chi connectivity index (χ1n) is 4.37. The van der Waals surface area contributed by atoms with Crippen molar-refractivity contribution in [2.45, 2.75) is 12.2 Å². The predicted molar refractivity (Wildman–Crippen MR) is 58.0 cm³/mol. The number of hydrogen-bond donors (Lipinski definition) is 1. The van der Waals surface area contributed by atoms with Crippen molar-refractivity contribution >= 4 is 18.4 Å². The maximum absolute atomic E-state index is 12.3. The van der Waals surface area contributed by atoms with Crippen molar-refractivity contribution in [2.24, 2.45) is 5.73 Å². The molecule has 0 amide bonds. The Kier molecular flexibility index (Phi) is 5.44. The number of methoxy groups -OCH3 is 1. The molecule has 0 saturated carbocycles. The van der Waals surface area contributed by atoms with E-state index in [4.69, 9.17) is 5.73 Å². The van der Waals surface area contributed by atoms with Gasteiger partial charge in [0.05, 0.1) is 12.7 Å². The zero-order chi connectivity index (χ0) is 12.3. The van der Waals surface area contributed by atoms with Crippen LogP contribution in [0, 0.1) is 0 Å². The summed E-state index contributed by atoms with van der Waals surface area (Å²) >= 11 is 0. The Balaban J connectivity index is 0.00000256. The van der Waals surface area contributed by atoms with Crippen molar-refractivity contribution in [3.05, 3.63) is 35.4 Å². The van der Waals surface area contributed by atoms with Gasteiger partial charge in [-0.15, -0.1) is 12.4 Å². The summed E-state index contributed by atoms with van der Waals surface area (Å²) in [6.07, 6.45) is -4.53. The van der Waals surface area contributed by atoms with E-state index in [9.17, 15) is 18.0 Å². The minimum Gasteiger partial charge on any atom is -0.465 e. The molecule has 0 fully saturated rings. The number of ether oxygens (including phenoxy) is 1. The monoisotopic (exact) mass is 269 g/mol. The summed E-state index contributed by atoms with van der Waals surface area (Å²) in [6.45, 7) is 0. The number of alkyl halides is 3. The normalized spacial score (nSPS) is 12.5. The fourth-order valence-electron chi connectivity index (χ4n) is 1.17. The summed E-state index contributed by atoms with van der Waals surface area (Å²) in [4.78, 5) is 11.1. The smallest absolute Gasteiger partial charge is 0.407 e. The van der Waals surface area contributed by atoms with E-state index in [0.29, 0.717) is 0 Å². The molecular formula is C10H11ClF3NO2. The van der Waals surface area contributed by atoms with Crippen molar-refractivity contribution in [1.82, 2.24) is 0 Å². The minimum absolute atomic E-state index is 0. The quantitative estimate of drug-likeness (QED) is 0.839. The lowest BCUT2D eigenvalue weighted by molar-refractivity contribution is -0.149. The van der Waals surface area contributed by atoms with E-state index in [1.807, 2.05) is 0 Å². The fourth-order valence-corrected chi connectivity index (χ4v) is 1.17. The van der Waals surface area contributed by atoms with Gasteiger partial charge in [-0.3, -0.25) is 0 Å². The first-order valence-corrected chi connectivity index (χ1v) is 4.37. The molecular weight excluding hydrogens is 259 g/mol. The van der Waals surface area contributed by atoms with Crippen LogP contribution in [0.15, 0.2) is 24.3 Å². The highest BCUT2D eigenvalue weighted by Crippen LogP contribution is 2.30. The van der Waals surface area contributed by atoms with Gasteiger partial charge in [0, 0.05) is 0 Å². The van der Waals surface area contributed by atoms with Gasteiger partial charge in [-0.05, 0) is 17.7 Å². The van der Waals surface area contributed by atoms with E-state index < -0.39 is 18.2 Å². The first-order chi connectivity index (χ1) is 7.36. The van der Waals surface area contributed by atoms with Gasteiger partial charge in [0.25, 0.3) is 0 Å². The van der Waals surface area contributed by atoms with E-state index in [2.05, 4.69) is 4.74 Å². The van der Waals surface area contributed by atoms with E-state index in [1.54, 1.807) is 0 Å². The molecule has 1 atom stereocenters. The number of esters is 1. The standard InChI is InChI=1S/C10H10F3NO2.ClH/c1-16-9(15)7-4-2-3-6(5-7)8(14)10(11,12)13;/h2-5,8H,14H2,1H3;1H/t8-;/m0./s1. The van der Waals surface area contributed by atoms with E-state index in [-0.39, 0.29) is 23.5 Å². The van der Waals surface area contributed by atoms with Crippen molar-refractivity contribution in [3.63, 3.8) is 0 Å². The summed E-state index contributed by atoms with van der Waals surface area (Å²) in [7, 11) is 1.15. The van der Waals surface area contributed by atoms with Crippen LogP contribution in [0.4, 0.5) is 13.2 Å². The summed E-state index contributed by atoms with van der Waals surface area (Å²) in [6, 6.07) is 2.87. The van der Waals surface area contributed by atoms with E-state index in [0.717, 1.165) is 13.2 Å². The van der Waals surface area contributed by atoms with Gasteiger partial charge >= 0.3 is 12.1 Å². The Labute approximate surface area is 102 Å². The van der Waals surface area contributed by atoms with Crippen LogP contribution in [-0.4, -0.2) is 19.3 Å². The van der Waals surface area contributed by atoms with Gasteiger partial charge in [0.2, 0.25) is 0 Å². The van der Waals surface area contributed by atoms with E-state index in [1.165, 1.54) is 18.2 Å².